The van der Waals surface area contributed by atoms with Crippen LogP contribution in [0.1, 0.15) is 16.9 Å². The first kappa shape index (κ1) is 15.9. The summed E-state index contributed by atoms with van der Waals surface area (Å²) in [6, 6.07) is 13.3. The van der Waals surface area contributed by atoms with Crippen LogP contribution in [-0.4, -0.2) is 13.0 Å². The lowest BCUT2D eigenvalue weighted by molar-refractivity contribution is -0.111. The molecule has 0 spiro atoms. The van der Waals surface area contributed by atoms with Crippen molar-refractivity contribution in [1.82, 2.24) is 0 Å². The second kappa shape index (κ2) is 6.62. The van der Waals surface area contributed by atoms with Crippen LogP contribution in [0.2, 0.25) is 0 Å². The summed E-state index contributed by atoms with van der Waals surface area (Å²) in [5.41, 5.74) is 3.78. The summed E-state index contributed by atoms with van der Waals surface area (Å²) in [6.07, 6.45) is 3.13. The number of carbonyl (C=O) groups is 1. The van der Waals surface area contributed by atoms with Gasteiger partial charge in [0.2, 0.25) is 5.91 Å². The van der Waals surface area contributed by atoms with Crippen LogP contribution in [0.4, 0.5) is 5.69 Å². The summed E-state index contributed by atoms with van der Waals surface area (Å²) in [6.45, 7) is 4.00. The van der Waals surface area contributed by atoms with Crippen molar-refractivity contribution in [2.45, 2.75) is 13.8 Å². The summed E-state index contributed by atoms with van der Waals surface area (Å²) in [5.74, 6) is 1.20. The minimum Gasteiger partial charge on any atom is -0.497 e. The molecule has 0 saturated heterocycles. The van der Waals surface area contributed by atoms with E-state index in [1.807, 2.05) is 56.3 Å². The minimum atomic E-state index is -0.193. The van der Waals surface area contributed by atoms with Gasteiger partial charge in [0.1, 0.15) is 17.1 Å². The summed E-state index contributed by atoms with van der Waals surface area (Å²) < 4.78 is 10.9. The van der Waals surface area contributed by atoms with E-state index in [0.29, 0.717) is 5.76 Å². The number of benzene rings is 2. The number of ether oxygens (including phenoxy) is 1. The molecule has 0 radical (unpaired) electrons. The van der Waals surface area contributed by atoms with Gasteiger partial charge in [0.15, 0.2) is 0 Å². The van der Waals surface area contributed by atoms with Crippen LogP contribution in [0.5, 0.6) is 5.75 Å². The van der Waals surface area contributed by atoms with Gasteiger partial charge in [-0.15, -0.1) is 0 Å². The average molecular weight is 321 g/mol. The van der Waals surface area contributed by atoms with Crippen molar-refractivity contribution >= 4 is 28.6 Å². The number of carbonyl (C=O) groups excluding carboxylic acids is 1. The molecule has 122 valence electrons. The highest BCUT2D eigenvalue weighted by atomic mass is 16.5. The molecule has 24 heavy (non-hydrogen) atoms. The molecular formula is C20H19NO3. The molecule has 0 atom stereocenters. The molecule has 1 aromatic heterocycles. The molecule has 3 aromatic rings. The van der Waals surface area contributed by atoms with Crippen molar-refractivity contribution in [3.8, 4) is 5.75 Å². The molecule has 0 fully saturated rings. The minimum absolute atomic E-state index is 0.193. The van der Waals surface area contributed by atoms with Crippen LogP contribution in [0.15, 0.2) is 53.0 Å². The van der Waals surface area contributed by atoms with Gasteiger partial charge in [0.05, 0.1) is 7.11 Å². The molecule has 3 rings (SSSR count). The predicted octanol–water partition coefficient (Wildman–Crippen LogP) is 4.71. The first-order chi connectivity index (χ1) is 11.6. The van der Waals surface area contributed by atoms with Gasteiger partial charge in [-0.2, -0.15) is 0 Å². The second-order valence-corrected chi connectivity index (χ2v) is 5.62. The molecule has 2 aromatic carbocycles. The van der Waals surface area contributed by atoms with Crippen LogP contribution in [0.25, 0.3) is 17.0 Å². The molecule has 0 saturated carbocycles. The summed E-state index contributed by atoms with van der Waals surface area (Å²) in [5, 5.41) is 3.82. The van der Waals surface area contributed by atoms with Gasteiger partial charge in [-0.3, -0.25) is 4.79 Å². The average Bonchev–Trinajstić information content (AvgIpc) is 2.99. The first-order valence-corrected chi connectivity index (χ1v) is 7.69. The fraction of sp³-hybridized carbons (Fsp3) is 0.150. The zero-order valence-corrected chi connectivity index (χ0v) is 13.9. The molecular weight excluding hydrogens is 302 g/mol. The van der Waals surface area contributed by atoms with Crippen LogP contribution >= 0.6 is 0 Å². The van der Waals surface area contributed by atoms with E-state index in [0.717, 1.165) is 33.5 Å². The summed E-state index contributed by atoms with van der Waals surface area (Å²) in [7, 11) is 1.62. The molecule has 1 amide bonds. The molecule has 1 heterocycles. The zero-order valence-electron chi connectivity index (χ0n) is 13.9. The van der Waals surface area contributed by atoms with Gasteiger partial charge in [-0.25, -0.2) is 0 Å². The van der Waals surface area contributed by atoms with Crippen LogP contribution in [0, 0.1) is 13.8 Å². The van der Waals surface area contributed by atoms with E-state index < -0.39 is 0 Å². The maximum Gasteiger partial charge on any atom is 0.248 e. The summed E-state index contributed by atoms with van der Waals surface area (Å²) >= 11 is 0. The number of aryl methyl sites for hydroxylation is 1. The molecule has 0 aliphatic heterocycles. The van der Waals surface area contributed by atoms with E-state index in [9.17, 15) is 4.79 Å². The Labute approximate surface area is 140 Å². The summed E-state index contributed by atoms with van der Waals surface area (Å²) in [4.78, 5) is 12.1. The smallest absolute Gasteiger partial charge is 0.248 e. The monoisotopic (exact) mass is 321 g/mol. The van der Waals surface area contributed by atoms with E-state index in [4.69, 9.17) is 9.15 Å². The first-order valence-electron chi connectivity index (χ1n) is 7.69. The molecule has 4 nitrogen and oxygen atoms in total. The highest BCUT2D eigenvalue weighted by Gasteiger charge is 2.05. The van der Waals surface area contributed by atoms with Gasteiger partial charge in [-0.05, 0) is 61.4 Å². The van der Waals surface area contributed by atoms with Gasteiger partial charge in [0, 0.05) is 17.1 Å². The van der Waals surface area contributed by atoms with E-state index >= 15 is 0 Å². The van der Waals surface area contributed by atoms with E-state index in [2.05, 4.69) is 5.32 Å². The lowest BCUT2D eigenvalue weighted by Crippen LogP contribution is -2.09. The SMILES string of the molecule is COc1ccc2oc(/C=C/C(=O)Nc3cccc(C)c3C)cc2c1. The number of anilines is 1. The second-order valence-electron chi connectivity index (χ2n) is 5.62. The van der Waals surface area contributed by atoms with Gasteiger partial charge in [0.25, 0.3) is 0 Å². The Kier molecular flexibility index (Phi) is 4.38. The van der Waals surface area contributed by atoms with Crippen LogP contribution < -0.4 is 10.1 Å². The third-order valence-corrected chi connectivity index (χ3v) is 4.00. The Morgan fingerprint density at radius 1 is 1.17 bits per heavy atom. The fourth-order valence-electron chi connectivity index (χ4n) is 2.47. The van der Waals surface area contributed by atoms with Gasteiger partial charge < -0.3 is 14.5 Å². The van der Waals surface area contributed by atoms with Crippen LogP contribution in [0.3, 0.4) is 0 Å². The molecule has 0 aliphatic rings. The van der Waals surface area contributed by atoms with Crippen molar-refractivity contribution in [2.24, 2.45) is 0 Å². The van der Waals surface area contributed by atoms with Crippen molar-refractivity contribution in [3.63, 3.8) is 0 Å². The third-order valence-electron chi connectivity index (χ3n) is 4.00. The number of hydrogen-bond donors (Lipinski definition) is 1. The van der Waals surface area contributed by atoms with Crippen molar-refractivity contribution in [2.75, 3.05) is 12.4 Å². The Morgan fingerprint density at radius 3 is 2.79 bits per heavy atom. The lowest BCUT2D eigenvalue weighted by atomic mass is 10.1. The third kappa shape index (κ3) is 3.33. The number of rotatable bonds is 4. The number of hydrogen-bond acceptors (Lipinski definition) is 3. The normalized spacial score (nSPS) is 11.1. The van der Waals surface area contributed by atoms with E-state index in [1.54, 1.807) is 13.2 Å². The van der Waals surface area contributed by atoms with E-state index in [-0.39, 0.29) is 5.91 Å². The van der Waals surface area contributed by atoms with Gasteiger partial charge >= 0.3 is 0 Å². The number of furan rings is 1. The number of methoxy groups -OCH3 is 1. The Morgan fingerprint density at radius 2 is 2.00 bits per heavy atom. The van der Waals surface area contributed by atoms with Crippen LogP contribution in [-0.2, 0) is 4.79 Å². The maximum atomic E-state index is 12.1. The standard InChI is InChI=1S/C20H19NO3/c1-13-5-4-6-18(14(13)2)21-20(22)10-8-17-12-15-11-16(23-3)7-9-19(15)24-17/h4-12H,1-3H3,(H,21,22)/b10-8+. The van der Waals surface area contributed by atoms with Crippen molar-refractivity contribution in [1.29, 1.82) is 0 Å². The number of nitrogens with one attached hydrogen (secondary N) is 1. The molecule has 0 aliphatic carbocycles. The highest BCUT2D eigenvalue weighted by Crippen LogP contribution is 2.25. The molecule has 0 unspecified atom stereocenters. The Balaban J connectivity index is 1.75. The predicted molar refractivity (Wildman–Crippen MR) is 96.3 cm³/mol. The van der Waals surface area contributed by atoms with Gasteiger partial charge in [-0.1, -0.05) is 12.1 Å². The molecule has 0 bridgehead atoms. The molecule has 4 heteroatoms. The number of amides is 1. The zero-order chi connectivity index (χ0) is 17.1. The molecule has 1 N–H and O–H groups in total. The quantitative estimate of drug-likeness (QED) is 0.708. The fourth-order valence-corrected chi connectivity index (χ4v) is 2.47. The maximum absolute atomic E-state index is 12.1. The Bertz CT molecular complexity index is 922. The topological polar surface area (TPSA) is 51.5 Å². The highest BCUT2D eigenvalue weighted by molar-refractivity contribution is 6.02. The van der Waals surface area contributed by atoms with E-state index in [1.165, 1.54) is 6.08 Å². The van der Waals surface area contributed by atoms with Crippen molar-refractivity contribution in [3.05, 3.63) is 65.4 Å². The van der Waals surface area contributed by atoms with Crippen molar-refractivity contribution < 1.29 is 13.9 Å². The number of fused-ring (bicyclic) bond motifs is 1. The lowest BCUT2D eigenvalue weighted by Gasteiger charge is -2.08. The largest absolute Gasteiger partial charge is 0.497 e. The Hall–Kier alpha value is -3.01.